The van der Waals surface area contributed by atoms with Crippen LogP contribution in [-0.2, 0) is 22.4 Å². The van der Waals surface area contributed by atoms with Crippen LogP contribution in [0.4, 0.5) is 4.39 Å². The molecule has 1 unspecified atom stereocenters. The molecule has 0 saturated carbocycles. The fourth-order valence-corrected chi connectivity index (χ4v) is 3.70. The molecule has 1 aliphatic heterocycles. The summed E-state index contributed by atoms with van der Waals surface area (Å²) in [5, 5.41) is 7.01. The molecule has 0 bridgehead atoms. The average Bonchev–Trinajstić information content (AvgIpc) is 3.22. The molecule has 2 heterocycles. The Hall–Kier alpha value is -2.21. The summed E-state index contributed by atoms with van der Waals surface area (Å²) in [6, 6.07) is 8.23. The summed E-state index contributed by atoms with van der Waals surface area (Å²) in [7, 11) is 0. The minimum Gasteiger partial charge on any atom is -0.351 e. The molecule has 1 aliphatic rings. The molecule has 3 rings (SSSR count). The van der Waals surface area contributed by atoms with E-state index in [2.05, 4.69) is 5.32 Å². The van der Waals surface area contributed by atoms with E-state index in [1.165, 1.54) is 17.7 Å². The summed E-state index contributed by atoms with van der Waals surface area (Å²) in [4.78, 5) is 25.9. The molecule has 1 N–H and O–H groups in total. The number of nitrogens with zero attached hydrogens (tertiary/aromatic N) is 1. The van der Waals surface area contributed by atoms with E-state index in [9.17, 15) is 14.0 Å². The van der Waals surface area contributed by atoms with Crippen LogP contribution in [0.25, 0.3) is 0 Å². The first-order valence-electron chi connectivity index (χ1n) is 8.43. The maximum absolute atomic E-state index is 12.9. The van der Waals surface area contributed by atoms with Gasteiger partial charge < -0.3 is 10.2 Å². The third-order valence-corrected chi connectivity index (χ3v) is 5.12. The predicted molar refractivity (Wildman–Crippen MR) is 95.9 cm³/mol. The van der Waals surface area contributed by atoms with Crippen molar-refractivity contribution >= 4 is 23.2 Å². The Labute approximate surface area is 150 Å². The fourth-order valence-electron chi connectivity index (χ4n) is 2.99. The molecule has 0 radical (unpaired) electrons. The van der Waals surface area contributed by atoms with E-state index in [-0.39, 0.29) is 23.7 Å². The third kappa shape index (κ3) is 5.13. The van der Waals surface area contributed by atoms with Crippen molar-refractivity contribution in [2.45, 2.75) is 31.7 Å². The summed E-state index contributed by atoms with van der Waals surface area (Å²) >= 11 is 1.63. The van der Waals surface area contributed by atoms with Gasteiger partial charge in [0.05, 0.1) is 6.04 Å². The Morgan fingerprint density at radius 2 is 2.00 bits per heavy atom. The molecule has 1 fully saturated rings. The lowest BCUT2D eigenvalue weighted by molar-refractivity contribution is -0.127. The van der Waals surface area contributed by atoms with Gasteiger partial charge >= 0.3 is 0 Å². The Morgan fingerprint density at radius 1 is 1.20 bits per heavy atom. The number of nitrogens with one attached hydrogen (secondary N) is 1. The number of carbonyl (C=O) groups excluding carboxylic acids is 2. The third-order valence-electron chi connectivity index (χ3n) is 4.38. The van der Waals surface area contributed by atoms with Crippen molar-refractivity contribution in [1.82, 2.24) is 10.2 Å². The number of hydrogen-bond donors (Lipinski definition) is 1. The van der Waals surface area contributed by atoms with Crippen molar-refractivity contribution < 1.29 is 14.0 Å². The first-order valence-corrected chi connectivity index (χ1v) is 9.37. The van der Waals surface area contributed by atoms with Crippen molar-refractivity contribution in [3.05, 3.63) is 58.0 Å². The van der Waals surface area contributed by atoms with Gasteiger partial charge in [0, 0.05) is 25.9 Å². The van der Waals surface area contributed by atoms with Gasteiger partial charge in [0.25, 0.3) is 0 Å². The smallest absolute Gasteiger partial charge is 0.224 e. The van der Waals surface area contributed by atoms with Gasteiger partial charge in [-0.05, 0) is 52.9 Å². The molecule has 0 spiro atoms. The van der Waals surface area contributed by atoms with E-state index < -0.39 is 0 Å². The number of aryl methyl sites for hydroxylation is 1. The van der Waals surface area contributed by atoms with Crippen molar-refractivity contribution in [3.8, 4) is 0 Å². The zero-order valence-electron chi connectivity index (χ0n) is 13.9. The highest BCUT2D eigenvalue weighted by molar-refractivity contribution is 7.07. The van der Waals surface area contributed by atoms with Gasteiger partial charge in [-0.25, -0.2) is 4.39 Å². The molecular formula is C19H21FN2O2S. The second-order valence-corrected chi connectivity index (χ2v) is 7.10. The van der Waals surface area contributed by atoms with Gasteiger partial charge in [-0.1, -0.05) is 12.1 Å². The van der Waals surface area contributed by atoms with Crippen LogP contribution >= 0.6 is 11.3 Å². The Kier molecular flexibility index (Phi) is 5.81. The normalized spacial score (nSPS) is 17.1. The number of carbonyl (C=O) groups is 2. The van der Waals surface area contributed by atoms with Crippen molar-refractivity contribution in [3.63, 3.8) is 0 Å². The molecule has 6 heteroatoms. The van der Waals surface area contributed by atoms with Crippen LogP contribution in [0.2, 0.25) is 0 Å². The first-order chi connectivity index (χ1) is 12.1. The standard InChI is InChI=1S/C19H21FN2O2S/c20-16-4-1-14(2-5-16)7-9-22-12-17(11-19(22)24)21-18(23)6-3-15-8-10-25-13-15/h1-2,4-5,8,10,13,17H,3,6-7,9,11-12H2,(H,21,23). The minimum atomic E-state index is -0.258. The molecule has 2 aromatic rings. The van der Waals surface area contributed by atoms with E-state index in [1.807, 2.05) is 16.8 Å². The van der Waals surface area contributed by atoms with Gasteiger partial charge in [-0.3, -0.25) is 9.59 Å². The SMILES string of the molecule is O=C(CCc1ccsc1)NC1CC(=O)N(CCc2ccc(F)cc2)C1. The molecule has 1 saturated heterocycles. The number of amides is 2. The van der Waals surface area contributed by atoms with Crippen molar-refractivity contribution in [1.29, 1.82) is 0 Å². The number of thiophene rings is 1. The van der Waals surface area contributed by atoms with Crippen LogP contribution in [0, 0.1) is 5.82 Å². The van der Waals surface area contributed by atoms with Crippen molar-refractivity contribution in [2.75, 3.05) is 13.1 Å². The van der Waals surface area contributed by atoms with Crippen LogP contribution in [0.5, 0.6) is 0 Å². The van der Waals surface area contributed by atoms with Gasteiger partial charge in [0.1, 0.15) is 5.82 Å². The topological polar surface area (TPSA) is 49.4 Å². The zero-order chi connectivity index (χ0) is 17.6. The number of hydrogen-bond acceptors (Lipinski definition) is 3. The quantitative estimate of drug-likeness (QED) is 0.825. The highest BCUT2D eigenvalue weighted by Gasteiger charge is 2.30. The lowest BCUT2D eigenvalue weighted by Gasteiger charge is -2.17. The number of likely N-dealkylation sites (tertiary alicyclic amines) is 1. The molecule has 1 aromatic heterocycles. The first kappa shape index (κ1) is 17.6. The van der Waals surface area contributed by atoms with E-state index in [1.54, 1.807) is 28.4 Å². The Morgan fingerprint density at radius 3 is 2.72 bits per heavy atom. The molecule has 0 aliphatic carbocycles. The van der Waals surface area contributed by atoms with Crippen LogP contribution < -0.4 is 5.32 Å². The highest BCUT2D eigenvalue weighted by Crippen LogP contribution is 2.14. The summed E-state index contributed by atoms with van der Waals surface area (Å²) in [6.07, 6.45) is 2.21. The highest BCUT2D eigenvalue weighted by atomic mass is 32.1. The summed E-state index contributed by atoms with van der Waals surface area (Å²) in [5.74, 6) is -0.208. The lowest BCUT2D eigenvalue weighted by Crippen LogP contribution is -2.37. The molecule has 25 heavy (non-hydrogen) atoms. The maximum Gasteiger partial charge on any atom is 0.224 e. The van der Waals surface area contributed by atoms with E-state index in [0.717, 1.165) is 12.0 Å². The summed E-state index contributed by atoms with van der Waals surface area (Å²) in [5.41, 5.74) is 2.17. The molecule has 2 amide bonds. The number of rotatable bonds is 7. The molecule has 1 atom stereocenters. The van der Waals surface area contributed by atoms with Crippen LogP contribution in [0.15, 0.2) is 41.1 Å². The van der Waals surface area contributed by atoms with Crippen molar-refractivity contribution in [2.24, 2.45) is 0 Å². The van der Waals surface area contributed by atoms with Gasteiger partial charge in [-0.15, -0.1) is 0 Å². The maximum atomic E-state index is 12.9. The van der Waals surface area contributed by atoms with Crippen LogP contribution in [-0.4, -0.2) is 35.8 Å². The van der Waals surface area contributed by atoms with E-state index >= 15 is 0 Å². The predicted octanol–water partition coefficient (Wildman–Crippen LogP) is 2.78. The van der Waals surface area contributed by atoms with Crippen LogP contribution in [0.1, 0.15) is 24.0 Å². The number of benzene rings is 1. The fraction of sp³-hybridized carbons (Fsp3) is 0.368. The van der Waals surface area contributed by atoms with E-state index in [4.69, 9.17) is 0 Å². The van der Waals surface area contributed by atoms with Gasteiger partial charge in [-0.2, -0.15) is 11.3 Å². The monoisotopic (exact) mass is 360 g/mol. The molecule has 1 aromatic carbocycles. The average molecular weight is 360 g/mol. The Balaban J connectivity index is 1.42. The molecule has 132 valence electrons. The summed E-state index contributed by atoms with van der Waals surface area (Å²) < 4.78 is 12.9. The summed E-state index contributed by atoms with van der Waals surface area (Å²) in [6.45, 7) is 1.13. The lowest BCUT2D eigenvalue weighted by atomic mass is 10.1. The van der Waals surface area contributed by atoms with E-state index in [0.29, 0.717) is 32.4 Å². The van der Waals surface area contributed by atoms with Gasteiger partial charge in [0.15, 0.2) is 0 Å². The molecule has 4 nitrogen and oxygen atoms in total. The molecular weight excluding hydrogens is 339 g/mol. The number of halogens is 1. The van der Waals surface area contributed by atoms with Crippen LogP contribution in [0.3, 0.4) is 0 Å². The van der Waals surface area contributed by atoms with Gasteiger partial charge in [0.2, 0.25) is 11.8 Å². The minimum absolute atomic E-state index is 0.00983. The Bertz CT molecular complexity index is 716. The largest absolute Gasteiger partial charge is 0.351 e. The zero-order valence-corrected chi connectivity index (χ0v) is 14.7. The second-order valence-electron chi connectivity index (χ2n) is 6.32. The second kappa shape index (κ2) is 8.25.